The van der Waals surface area contributed by atoms with Gasteiger partial charge in [0.2, 0.25) is 5.91 Å². The topological polar surface area (TPSA) is 90.0 Å². The molecule has 4 rings (SSSR count). The van der Waals surface area contributed by atoms with Gasteiger partial charge in [0.15, 0.2) is 5.78 Å². The third-order valence-electron chi connectivity index (χ3n) is 7.73. The van der Waals surface area contributed by atoms with Crippen molar-refractivity contribution < 1.29 is 28.3 Å². The van der Waals surface area contributed by atoms with Crippen LogP contribution < -0.4 is 5.32 Å². The summed E-state index contributed by atoms with van der Waals surface area (Å²) in [6.45, 7) is 2.98. The highest BCUT2D eigenvalue weighted by atomic mass is 35.5. The van der Waals surface area contributed by atoms with Crippen LogP contribution in [-0.2, 0) is 9.59 Å². The Morgan fingerprint density at radius 1 is 1.24 bits per heavy atom. The number of hydrogen-bond acceptors (Lipinski definition) is 4. The summed E-state index contributed by atoms with van der Waals surface area (Å²) < 4.78 is 27.5. The number of likely N-dealkylation sites (N-methyl/N-ethyl adjacent to an activating group) is 1. The van der Waals surface area contributed by atoms with Crippen LogP contribution in [0, 0.1) is 17.7 Å². The van der Waals surface area contributed by atoms with Crippen molar-refractivity contribution in [2.75, 3.05) is 32.7 Å². The number of Topliss-reactive ketones (excluding diaryl/α,β-unsaturated/α-hetero) is 1. The third kappa shape index (κ3) is 4.28. The summed E-state index contributed by atoms with van der Waals surface area (Å²) in [6.07, 6.45) is -0.773. The van der Waals surface area contributed by atoms with Crippen LogP contribution in [-0.4, -0.2) is 77.1 Å². The minimum Gasteiger partial charge on any atom is -0.465 e. The van der Waals surface area contributed by atoms with E-state index < -0.39 is 35.5 Å². The molecule has 3 fully saturated rings. The first-order valence-electron chi connectivity index (χ1n) is 11.8. The second kappa shape index (κ2) is 9.77. The average molecular weight is 498 g/mol. The molecule has 10 heteroatoms. The van der Waals surface area contributed by atoms with Gasteiger partial charge in [0.25, 0.3) is 0 Å². The number of carbonyl (C=O) groups is 3. The van der Waals surface area contributed by atoms with Crippen molar-refractivity contribution in [3.63, 3.8) is 0 Å². The van der Waals surface area contributed by atoms with Gasteiger partial charge in [-0.15, -0.1) is 0 Å². The number of halogens is 3. The quantitative estimate of drug-likeness (QED) is 0.628. The molecule has 1 saturated carbocycles. The molecular formula is C24H30ClF2N3O4. The number of carbonyl (C=O) groups excluding carboxylic acids is 2. The van der Waals surface area contributed by atoms with Gasteiger partial charge in [-0.05, 0) is 50.3 Å². The van der Waals surface area contributed by atoms with Crippen LogP contribution in [0.2, 0.25) is 5.02 Å². The van der Waals surface area contributed by atoms with Crippen LogP contribution in [0.1, 0.15) is 44.1 Å². The monoisotopic (exact) mass is 497 g/mol. The van der Waals surface area contributed by atoms with E-state index in [9.17, 15) is 28.3 Å². The summed E-state index contributed by atoms with van der Waals surface area (Å²) in [5.41, 5.74) is -0.883. The fourth-order valence-electron chi connectivity index (χ4n) is 5.81. The first-order chi connectivity index (χ1) is 16.2. The van der Waals surface area contributed by atoms with Gasteiger partial charge in [-0.1, -0.05) is 17.7 Å². The first kappa shape index (κ1) is 24.9. The van der Waals surface area contributed by atoms with Gasteiger partial charge < -0.3 is 15.3 Å². The molecule has 0 bridgehead atoms. The van der Waals surface area contributed by atoms with Crippen LogP contribution in [0.5, 0.6) is 0 Å². The predicted molar refractivity (Wildman–Crippen MR) is 122 cm³/mol. The highest BCUT2D eigenvalue weighted by Gasteiger charge is 2.57. The number of likely N-dealkylation sites (tertiary alicyclic amines) is 1. The number of ketones is 1. The molecule has 34 heavy (non-hydrogen) atoms. The summed E-state index contributed by atoms with van der Waals surface area (Å²) in [5, 5.41) is 13.1. The number of hydrogen-bond donors (Lipinski definition) is 2. The van der Waals surface area contributed by atoms with Crippen molar-refractivity contribution in [3.05, 3.63) is 34.6 Å². The van der Waals surface area contributed by atoms with E-state index in [1.54, 1.807) is 17.9 Å². The lowest BCUT2D eigenvalue weighted by Crippen LogP contribution is -2.63. The Morgan fingerprint density at radius 3 is 2.47 bits per heavy atom. The summed E-state index contributed by atoms with van der Waals surface area (Å²) in [4.78, 5) is 41.8. The molecule has 7 nitrogen and oxygen atoms in total. The minimum absolute atomic E-state index is 0.0419. The van der Waals surface area contributed by atoms with E-state index in [1.807, 2.05) is 0 Å². The number of amides is 2. The zero-order valence-electron chi connectivity index (χ0n) is 19.1. The smallest absolute Gasteiger partial charge is 0.408 e. The zero-order valence-corrected chi connectivity index (χ0v) is 19.9. The molecule has 1 aromatic rings. The molecule has 2 aliphatic heterocycles. The maximum absolute atomic E-state index is 14.3. The Balaban J connectivity index is 1.59. The molecule has 3 aliphatic rings. The van der Waals surface area contributed by atoms with Gasteiger partial charge >= 0.3 is 6.09 Å². The fraction of sp³-hybridized carbons (Fsp3) is 0.625. The number of benzene rings is 1. The van der Waals surface area contributed by atoms with Crippen molar-refractivity contribution in [2.45, 2.75) is 50.2 Å². The first-order valence-corrected chi connectivity index (χ1v) is 12.2. The van der Waals surface area contributed by atoms with Crippen molar-refractivity contribution in [1.82, 2.24) is 15.1 Å². The van der Waals surface area contributed by atoms with Gasteiger partial charge in [0.1, 0.15) is 17.5 Å². The van der Waals surface area contributed by atoms with E-state index in [1.165, 1.54) is 17.0 Å². The molecular weight excluding hydrogens is 468 g/mol. The maximum atomic E-state index is 14.3. The molecule has 2 amide bonds. The molecule has 2 atom stereocenters. The molecule has 186 valence electrons. The van der Waals surface area contributed by atoms with E-state index in [0.717, 1.165) is 0 Å². The summed E-state index contributed by atoms with van der Waals surface area (Å²) in [5.74, 6) is -2.19. The third-order valence-corrected chi connectivity index (χ3v) is 8.03. The SMILES string of the molecule is CCN(C(=O)O)[C@]1(C(=O)C2CCN(C(=O)C3CC(F)C3)CC2)CNC[C@H]1c1ccc(Cl)c(F)c1. The normalized spacial score (nSPS) is 29.5. The molecule has 1 aliphatic carbocycles. The molecule has 0 aromatic heterocycles. The molecule has 2 N–H and O–H groups in total. The van der Waals surface area contributed by atoms with Gasteiger partial charge in [-0.3, -0.25) is 14.5 Å². The molecule has 0 spiro atoms. The number of piperidine rings is 1. The predicted octanol–water partition coefficient (Wildman–Crippen LogP) is 3.46. The van der Waals surface area contributed by atoms with E-state index >= 15 is 0 Å². The Bertz CT molecular complexity index is 966. The van der Waals surface area contributed by atoms with Crippen LogP contribution in [0.15, 0.2) is 18.2 Å². The molecule has 2 saturated heterocycles. The van der Waals surface area contributed by atoms with Crippen LogP contribution >= 0.6 is 11.6 Å². The van der Waals surface area contributed by atoms with Gasteiger partial charge in [-0.25, -0.2) is 13.6 Å². The van der Waals surface area contributed by atoms with E-state index in [0.29, 0.717) is 38.0 Å². The zero-order chi connectivity index (χ0) is 24.6. The summed E-state index contributed by atoms with van der Waals surface area (Å²) >= 11 is 5.85. The lowest BCUT2D eigenvalue weighted by atomic mass is 9.71. The molecule has 0 unspecified atom stereocenters. The highest BCUT2D eigenvalue weighted by molar-refractivity contribution is 6.30. The number of carboxylic acid groups (broad SMARTS) is 1. The van der Waals surface area contributed by atoms with Crippen molar-refractivity contribution in [2.24, 2.45) is 11.8 Å². The average Bonchev–Trinajstić information content (AvgIpc) is 3.23. The lowest BCUT2D eigenvalue weighted by Gasteiger charge is -2.45. The van der Waals surface area contributed by atoms with Crippen LogP contribution in [0.4, 0.5) is 13.6 Å². The van der Waals surface area contributed by atoms with Crippen LogP contribution in [0.25, 0.3) is 0 Å². The van der Waals surface area contributed by atoms with Crippen molar-refractivity contribution >= 4 is 29.4 Å². The standard InChI is InChI=1S/C24H30ClF2N3O4/c1-2-30(23(33)34)24(13-28-12-18(24)15-3-4-19(25)20(27)11-15)21(31)14-5-7-29(8-6-14)22(32)16-9-17(26)10-16/h3-4,11,14,16-18,28H,2,5-10,12-13H2,1H3,(H,33,34)/t16?,17?,18-,24+/m0/s1. The number of rotatable bonds is 6. The second-order valence-corrected chi connectivity index (χ2v) is 9.94. The number of nitrogens with one attached hydrogen (secondary N) is 1. The van der Waals surface area contributed by atoms with Gasteiger partial charge in [-0.2, -0.15) is 0 Å². The summed E-state index contributed by atoms with van der Waals surface area (Å²) in [7, 11) is 0. The van der Waals surface area contributed by atoms with Crippen molar-refractivity contribution in [1.29, 1.82) is 0 Å². The van der Waals surface area contributed by atoms with E-state index in [4.69, 9.17) is 11.6 Å². The van der Waals surface area contributed by atoms with E-state index in [2.05, 4.69) is 5.32 Å². The summed E-state index contributed by atoms with van der Waals surface area (Å²) in [6, 6.07) is 4.33. The largest absolute Gasteiger partial charge is 0.465 e. The van der Waals surface area contributed by atoms with Crippen LogP contribution in [0.3, 0.4) is 0 Å². The minimum atomic E-state index is -1.40. The Labute approximate surface area is 202 Å². The molecule has 1 aromatic carbocycles. The number of nitrogens with zero attached hydrogens (tertiary/aromatic N) is 2. The Morgan fingerprint density at radius 2 is 1.91 bits per heavy atom. The Hall–Kier alpha value is -2.26. The maximum Gasteiger partial charge on any atom is 0.408 e. The lowest BCUT2D eigenvalue weighted by molar-refractivity contribution is -0.145. The van der Waals surface area contributed by atoms with Crippen molar-refractivity contribution in [3.8, 4) is 0 Å². The highest BCUT2D eigenvalue weighted by Crippen LogP contribution is 2.42. The van der Waals surface area contributed by atoms with Gasteiger partial charge in [0, 0.05) is 50.5 Å². The Kier molecular flexibility index (Phi) is 7.14. The van der Waals surface area contributed by atoms with E-state index in [-0.39, 0.29) is 48.6 Å². The molecule has 0 radical (unpaired) electrons. The molecule has 2 heterocycles. The number of alkyl halides is 1. The second-order valence-electron chi connectivity index (χ2n) is 9.54. The fourth-order valence-corrected chi connectivity index (χ4v) is 5.93. The van der Waals surface area contributed by atoms with Gasteiger partial charge in [0.05, 0.1) is 5.02 Å².